The fourth-order valence-corrected chi connectivity index (χ4v) is 1.87. The Labute approximate surface area is 121 Å². The summed E-state index contributed by atoms with van der Waals surface area (Å²) >= 11 is 0. The molecule has 0 saturated carbocycles. The zero-order valence-electron chi connectivity index (χ0n) is 11.5. The third-order valence-corrected chi connectivity index (χ3v) is 2.86. The van der Waals surface area contributed by atoms with E-state index in [1.54, 1.807) is 19.4 Å². The van der Waals surface area contributed by atoms with Gasteiger partial charge in [0.05, 0.1) is 18.1 Å². The molecule has 1 aromatic heterocycles. The molecule has 0 aliphatic heterocycles. The van der Waals surface area contributed by atoms with E-state index in [4.69, 9.17) is 9.52 Å². The van der Waals surface area contributed by atoms with Gasteiger partial charge in [0.2, 0.25) is 0 Å². The molecule has 2 rings (SSSR count). The number of aliphatic hydroxyl groups is 1. The number of aliphatic hydroxyl groups excluding tert-OH is 1. The predicted molar refractivity (Wildman–Crippen MR) is 74.9 cm³/mol. The van der Waals surface area contributed by atoms with Crippen molar-refractivity contribution in [1.82, 2.24) is 4.90 Å². The number of halogens is 1. The van der Waals surface area contributed by atoms with Crippen molar-refractivity contribution in [3.05, 3.63) is 59.3 Å². The number of carbonyl (C=O) groups is 1. The Kier molecular flexibility index (Phi) is 4.75. The standard InChI is InChI=1S/C16H14FNO3/c1-18(10-12-6-8-21-11-12)16(20)15-9-14(17)5-4-13(15)3-2-7-19/h4-6,8-9,11,19H,7,10H2,1H3. The third-order valence-electron chi connectivity index (χ3n) is 2.86. The summed E-state index contributed by atoms with van der Waals surface area (Å²) in [5.41, 5.74) is 1.39. The lowest BCUT2D eigenvalue weighted by Crippen LogP contribution is -2.26. The second kappa shape index (κ2) is 6.73. The van der Waals surface area contributed by atoms with Crippen LogP contribution in [0.15, 0.2) is 41.2 Å². The maximum Gasteiger partial charge on any atom is 0.255 e. The predicted octanol–water partition coefficient (Wildman–Crippen LogP) is 2.03. The Morgan fingerprint density at radius 1 is 1.43 bits per heavy atom. The summed E-state index contributed by atoms with van der Waals surface area (Å²) in [4.78, 5) is 13.9. The Bertz CT molecular complexity index is 683. The summed E-state index contributed by atoms with van der Waals surface area (Å²) in [5, 5.41) is 8.74. The van der Waals surface area contributed by atoms with E-state index in [1.807, 2.05) is 0 Å². The zero-order valence-corrected chi connectivity index (χ0v) is 11.5. The minimum Gasteiger partial charge on any atom is -0.472 e. The van der Waals surface area contributed by atoms with Gasteiger partial charge in [-0.15, -0.1) is 0 Å². The van der Waals surface area contributed by atoms with E-state index in [2.05, 4.69) is 11.8 Å². The molecule has 0 fully saturated rings. The van der Waals surface area contributed by atoms with Crippen LogP contribution in [0.4, 0.5) is 4.39 Å². The summed E-state index contributed by atoms with van der Waals surface area (Å²) in [6.07, 6.45) is 3.07. The molecule has 1 amide bonds. The summed E-state index contributed by atoms with van der Waals surface area (Å²) < 4.78 is 18.3. The summed E-state index contributed by atoms with van der Waals surface area (Å²) in [5.74, 6) is 4.25. The Hall–Kier alpha value is -2.58. The zero-order chi connectivity index (χ0) is 15.2. The SMILES string of the molecule is CN(Cc1ccoc1)C(=O)c1cc(F)ccc1C#CCO. The first-order valence-electron chi connectivity index (χ1n) is 6.27. The lowest BCUT2D eigenvalue weighted by molar-refractivity contribution is 0.0784. The second-order valence-electron chi connectivity index (χ2n) is 4.44. The molecule has 21 heavy (non-hydrogen) atoms. The number of furan rings is 1. The first kappa shape index (κ1) is 14.8. The minimum atomic E-state index is -0.510. The van der Waals surface area contributed by atoms with E-state index in [0.717, 1.165) is 11.6 Å². The average Bonchev–Trinajstić information content (AvgIpc) is 2.98. The highest BCUT2D eigenvalue weighted by Gasteiger charge is 2.16. The highest BCUT2D eigenvalue weighted by atomic mass is 19.1. The normalized spacial score (nSPS) is 9.86. The largest absolute Gasteiger partial charge is 0.472 e. The smallest absolute Gasteiger partial charge is 0.255 e. The second-order valence-corrected chi connectivity index (χ2v) is 4.44. The molecule has 5 heteroatoms. The molecule has 0 spiro atoms. The van der Waals surface area contributed by atoms with Crippen LogP contribution in [0.1, 0.15) is 21.5 Å². The fourth-order valence-electron chi connectivity index (χ4n) is 1.87. The van der Waals surface area contributed by atoms with Gasteiger partial charge >= 0.3 is 0 Å². The first-order chi connectivity index (χ1) is 10.1. The van der Waals surface area contributed by atoms with Crippen LogP contribution in [-0.2, 0) is 6.54 Å². The van der Waals surface area contributed by atoms with E-state index in [9.17, 15) is 9.18 Å². The number of hydrogen-bond acceptors (Lipinski definition) is 3. The van der Waals surface area contributed by atoms with Gasteiger partial charge in [0, 0.05) is 24.7 Å². The van der Waals surface area contributed by atoms with E-state index in [-0.39, 0.29) is 18.1 Å². The van der Waals surface area contributed by atoms with Gasteiger partial charge in [0.1, 0.15) is 12.4 Å². The topological polar surface area (TPSA) is 53.7 Å². The van der Waals surface area contributed by atoms with Crippen molar-refractivity contribution < 1.29 is 18.7 Å². The number of hydrogen-bond donors (Lipinski definition) is 1. The molecule has 0 atom stereocenters. The van der Waals surface area contributed by atoms with Crippen LogP contribution in [0.5, 0.6) is 0 Å². The van der Waals surface area contributed by atoms with Crippen LogP contribution in [-0.4, -0.2) is 29.6 Å². The lowest BCUT2D eigenvalue weighted by atomic mass is 10.1. The summed E-state index contributed by atoms with van der Waals surface area (Å²) in [7, 11) is 1.61. The van der Waals surface area contributed by atoms with Crippen LogP contribution in [0.2, 0.25) is 0 Å². The van der Waals surface area contributed by atoms with E-state index < -0.39 is 5.82 Å². The van der Waals surface area contributed by atoms with Crippen molar-refractivity contribution in [3.63, 3.8) is 0 Å². The molecule has 1 N–H and O–H groups in total. The van der Waals surface area contributed by atoms with Crippen molar-refractivity contribution >= 4 is 5.91 Å². The molecular formula is C16H14FNO3. The van der Waals surface area contributed by atoms with E-state index in [0.29, 0.717) is 12.1 Å². The Balaban J connectivity index is 2.26. The molecule has 0 aliphatic carbocycles. The van der Waals surface area contributed by atoms with Gasteiger partial charge in [-0.25, -0.2) is 4.39 Å². The summed E-state index contributed by atoms with van der Waals surface area (Å²) in [6.45, 7) is 0.0224. The van der Waals surface area contributed by atoms with Crippen LogP contribution in [0.25, 0.3) is 0 Å². The Morgan fingerprint density at radius 3 is 2.90 bits per heavy atom. The summed E-state index contributed by atoms with van der Waals surface area (Å²) in [6, 6.07) is 5.56. The van der Waals surface area contributed by atoms with Gasteiger partial charge in [0.25, 0.3) is 5.91 Å². The molecule has 0 unspecified atom stereocenters. The molecule has 1 aromatic carbocycles. The van der Waals surface area contributed by atoms with Crippen LogP contribution in [0.3, 0.4) is 0 Å². The highest BCUT2D eigenvalue weighted by molar-refractivity contribution is 5.96. The molecule has 0 radical (unpaired) electrons. The van der Waals surface area contributed by atoms with Gasteiger partial charge in [-0.2, -0.15) is 0 Å². The molecule has 1 heterocycles. The minimum absolute atomic E-state index is 0.168. The van der Waals surface area contributed by atoms with E-state index in [1.165, 1.54) is 23.3 Å². The lowest BCUT2D eigenvalue weighted by Gasteiger charge is -2.17. The maximum absolute atomic E-state index is 13.4. The average molecular weight is 287 g/mol. The third kappa shape index (κ3) is 3.71. The van der Waals surface area contributed by atoms with Crippen molar-refractivity contribution in [3.8, 4) is 11.8 Å². The quantitative estimate of drug-likeness (QED) is 0.879. The molecule has 0 saturated heterocycles. The van der Waals surface area contributed by atoms with Crippen molar-refractivity contribution in [2.75, 3.05) is 13.7 Å². The van der Waals surface area contributed by atoms with Gasteiger partial charge in [0.15, 0.2) is 0 Å². The highest BCUT2D eigenvalue weighted by Crippen LogP contribution is 2.14. The molecule has 2 aromatic rings. The molecule has 0 bridgehead atoms. The van der Waals surface area contributed by atoms with Crippen LogP contribution >= 0.6 is 0 Å². The molecular weight excluding hydrogens is 273 g/mol. The monoisotopic (exact) mass is 287 g/mol. The molecule has 4 nitrogen and oxygen atoms in total. The van der Waals surface area contributed by atoms with Crippen molar-refractivity contribution in [2.45, 2.75) is 6.54 Å². The van der Waals surface area contributed by atoms with E-state index >= 15 is 0 Å². The van der Waals surface area contributed by atoms with Crippen molar-refractivity contribution in [2.24, 2.45) is 0 Å². The number of rotatable bonds is 3. The number of carbonyl (C=O) groups excluding carboxylic acids is 1. The number of amides is 1. The van der Waals surface area contributed by atoms with Gasteiger partial charge in [-0.3, -0.25) is 4.79 Å². The number of benzene rings is 1. The Morgan fingerprint density at radius 2 is 2.24 bits per heavy atom. The number of nitrogens with zero attached hydrogens (tertiary/aromatic N) is 1. The van der Waals surface area contributed by atoms with Crippen LogP contribution < -0.4 is 0 Å². The van der Waals surface area contributed by atoms with Gasteiger partial charge in [-0.05, 0) is 24.3 Å². The van der Waals surface area contributed by atoms with Gasteiger partial charge < -0.3 is 14.4 Å². The molecule has 0 aliphatic rings. The maximum atomic E-state index is 13.4. The van der Waals surface area contributed by atoms with Gasteiger partial charge in [-0.1, -0.05) is 11.8 Å². The molecule has 108 valence electrons. The van der Waals surface area contributed by atoms with Crippen LogP contribution in [0, 0.1) is 17.7 Å². The first-order valence-corrected chi connectivity index (χ1v) is 6.27. The van der Waals surface area contributed by atoms with Crippen molar-refractivity contribution in [1.29, 1.82) is 0 Å². The fraction of sp³-hybridized carbons (Fsp3) is 0.188.